The lowest BCUT2D eigenvalue weighted by Gasteiger charge is -2.03. The molecular weight excluding hydrogens is 233 g/mol. The number of halogens is 1. The lowest BCUT2D eigenvalue weighted by molar-refractivity contribution is -0.116. The molecule has 0 aromatic rings. The van der Waals surface area contributed by atoms with E-state index in [1.54, 1.807) is 6.08 Å². The molecule has 0 unspecified atom stereocenters. The number of carbonyl (C=O) groups is 1. The number of nitrogens with one attached hydrogen (secondary N) is 1. The smallest absolute Gasteiger partial charge is 0.244 e. The molecule has 3 nitrogen and oxygen atoms in total. The Bertz CT molecular complexity index is 273. The fourth-order valence-corrected chi connectivity index (χ4v) is 1.16. The summed E-state index contributed by atoms with van der Waals surface area (Å²) in [6, 6.07) is 0. The van der Waals surface area contributed by atoms with Crippen LogP contribution >= 0.6 is 0 Å². The van der Waals surface area contributed by atoms with Gasteiger partial charge < -0.3 is 10.4 Å². The summed E-state index contributed by atoms with van der Waals surface area (Å²) in [4.78, 5) is 11.3. The summed E-state index contributed by atoms with van der Waals surface area (Å²) in [6.07, 6.45) is 7.00. The Hall–Kier alpha value is -1.58. The standard InChI is InChI=1S/C12H18FNO2.C2H6/c1-2-5-11(6-3-7-13)10-12(16)14-8-4-9-15;1-2/h2,4,9-10,15H,1,3,5-8H2,(H,14,16);1-2H3/b9-4+,11-10+;. The highest BCUT2D eigenvalue weighted by molar-refractivity contribution is 5.88. The molecule has 0 heterocycles. The van der Waals surface area contributed by atoms with Crippen LogP contribution < -0.4 is 5.32 Å². The first-order chi connectivity index (χ1) is 8.74. The van der Waals surface area contributed by atoms with Crippen molar-refractivity contribution < 1.29 is 14.3 Å². The normalized spacial score (nSPS) is 10.7. The number of amides is 1. The van der Waals surface area contributed by atoms with E-state index < -0.39 is 0 Å². The molecule has 0 aliphatic heterocycles. The van der Waals surface area contributed by atoms with E-state index in [1.807, 2.05) is 13.8 Å². The van der Waals surface area contributed by atoms with Crippen molar-refractivity contribution in [3.8, 4) is 0 Å². The van der Waals surface area contributed by atoms with E-state index in [-0.39, 0.29) is 19.1 Å². The van der Waals surface area contributed by atoms with Crippen molar-refractivity contribution in [2.24, 2.45) is 0 Å². The van der Waals surface area contributed by atoms with Crippen molar-refractivity contribution in [3.63, 3.8) is 0 Å². The highest BCUT2D eigenvalue weighted by Gasteiger charge is 2.00. The summed E-state index contributed by atoms with van der Waals surface area (Å²) in [5.74, 6) is -0.242. The molecule has 0 saturated carbocycles. The molecule has 4 heteroatoms. The van der Waals surface area contributed by atoms with Crippen LogP contribution in [0.25, 0.3) is 0 Å². The zero-order valence-corrected chi connectivity index (χ0v) is 11.3. The van der Waals surface area contributed by atoms with Crippen LogP contribution in [-0.4, -0.2) is 24.2 Å². The molecule has 0 rings (SSSR count). The summed E-state index contributed by atoms with van der Waals surface area (Å²) in [7, 11) is 0. The van der Waals surface area contributed by atoms with Crippen LogP contribution in [0.15, 0.2) is 36.6 Å². The zero-order chi connectivity index (χ0) is 14.2. The lowest BCUT2D eigenvalue weighted by atomic mass is 10.1. The zero-order valence-electron chi connectivity index (χ0n) is 11.3. The van der Waals surface area contributed by atoms with Gasteiger partial charge in [0.15, 0.2) is 0 Å². The first-order valence-electron chi connectivity index (χ1n) is 6.18. The van der Waals surface area contributed by atoms with Gasteiger partial charge in [-0.05, 0) is 25.3 Å². The molecule has 0 saturated heterocycles. The van der Waals surface area contributed by atoms with Gasteiger partial charge in [-0.15, -0.1) is 6.58 Å². The van der Waals surface area contributed by atoms with E-state index in [4.69, 9.17) is 5.11 Å². The predicted octanol–water partition coefficient (Wildman–Crippen LogP) is 3.45. The number of carbonyl (C=O) groups excluding carboxylic acids is 1. The van der Waals surface area contributed by atoms with Gasteiger partial charge in [0, 0.05) is 12.6 Å². The van der Waals surface area contributed by atoms with Gasteiger partial charge in [-0.3, -0.25) is 9.18 Å². The molecule has 104 valence electrons. The topological polar surface area (TPSA) is 49.3 Å². The molecule has 1 amide bonds. The summed E-state index contributed by atoms with van der Waals surface area (Å²) in [5.41, 5.74) is 0.859. The minimum atomic E-state index is -0.386. The SMILES string of the molecule is C=CC/C(=C\C(=O)NC/C=C/O)CCCF.CC. The average Bonchev–Trinajstić information content (AvgIpc) is 2.39. The Balaban J connectivity index is 0. The Kier molecular flexibility index (Phi) is 16.1. The van der Waals surface area contributed by atoms with E-state index in [1.165, 1.54) is 12.2 Å². The number of rotatable bonds is 8. The van der Waals surface area contributed by atoms with Gasteiger partial charge in [-0.2, -0.15) is 0 Å². The van der Waals surface area contributed by atoms with Crippen molar-refractivity contribution in [2.75, 3.05) is 13.2 Å². The molecule has 0 aromatic heterocycles. The summed E-state index contributed by atoms with van der Waals surface area (Å²) in [5, 5.41) is 10.9. The van der Waals surface area contributed by atoms with Gasteiger partial charge in [0.25, 0.3) is 0 Å². The minimum Gasteiger partial charge on any atom is -0.516 e. The van der Waals surface area contributed by atoms with E-state index in [2.05, 4.69) is 11.9 Å². The Morgan fingerprint density at radius 3 is 2.61 bits per heavy atom. The Morgan fingerprint density at radius 1 is 1.44 bits per heavy atom. The highest BCUT2D eigenvalue weighted by atomic mass is 19.1. The fraction of sp³-hybridized carbons (Fsp3) is 0.500. The van der Waals surface area contributed by atoms with Crippen molar-refractivity contribution in [1.82, 2.24) is 5.32 Å². The third-order valence-corrected chi connectivity index (χ3v) is 1.87. The first kappa shape index (κ1) is 18.8. The maximum atomic E-state index is 12.0. The van der Waals surface area contributed by atoms with Gasteiger partial charge >= 0.3 is 0 Å². The maximum absolute atomic E-state index is 12.0. The van der Waals surface area contributed by atoms with Crippen molar-refractivity contribution in [1.29, 1.82) is 0 Å². The molecule has 0 fully saturated rings. The summed E-state index contributed by atoms with van der Waals surface area (Å²) in [6.45, 7) is 7.47. The third kappa shape index (κ3) is 12.5. The largest absolute Gasteiger partial charge is 0.516 e. The second-order valence-electron chi connectivity index (χ2n) is 3.22. The third-order valence-electron chi connectivity index (χ3n) is 1.87. The molecule has 0 aliphatic carbocycles. The molecule has 0 aromatic carbocycles. The average molecular weight is 257 g/mol. The van der Waals surface area contributed by atoms with E-state index in [0.29, 0.717) is 19.3 Å². The maximum Gasteiger partial charge on any atom is 0.244 e. The van der Waals surface area contributed by atoms with Crippen molar-refractivity contribution in [2.45, 2.75) is 33.1 Å². The van der Waals surface area contributed by atoms with E-state index >= 15 is 0 Å². The molecule has 18 heavy (non-hydrogen) atoms. The van der Waals surface area contributed by atoms with Crippen LogP contribution in [0.2, 0.25) is 0 Å². The van der Waals surface area contributed by atoms with Crippen LogP contribution in [-0.2, 0) is 4.79 Å². The lowest BCUT2D eigenvalue weighted by Crippen LogP contribution is -2.21. The Morgan fingerprint density at radius 2 is 2.11 bits per heavy atom. The minimum absolute atomic E-state index is 0.242. The van der Waals surface area contributed by atoms with Gasteiger partial charge in [0.2, 0.25) is 5.91 Å². The van der Waals surface area contributed by atoms with Crippen LogP contribution in [0.5, 0.6) is 0 Å². The molecule has 0 atom stereocenters. The number of hydrogen-bond donors (Lipinski definition) is 2. The van der Waals surface area contributed by atoms with Gasteiger partial charge in [-0.1, -0.05) is 25.5 Å². The molecule has 0 spiro atoms. The van der Waals surface area contributed by atoms with E-state index in [0.717, 1.165) is 11.8 Å². The second-order valence-corrected chi connectivity index (χ2v) is 3.22. The summed E-state index contributed by atoms with van der Waals surface area (Å²) >= 11 is 0. The van der Waals surface area contributed by atoms with Gasteiger partial charge in [0.05, 0.1) is 12.9 Å². The van der Waals surface area contributed by atoms with Crippen molar-refractivity contribution >= 4 is 5.91 Å². The number of hydrogen-bond acceptors (Lipinski definition) is 2. The number of allylic oxidation sites excluding steroid dienone is 2. The quantitative estimate of drug-likeness (QED) is 0.397. The van der Waals surface area contributed by atoms with Crippen molar-refractivity contribution in [3.05, 3.63) is 36.6 Å². The molecule has 0 radical (unpaired) electrons. The van der Waals surface area contributed by atoms with Gasteiger partial charge in [0.1, 0.15) is 0 Å². The molecule has 2 N–H and O–H groups in total. The number of aliphatic hydroxyl groups is 1. The predicted molar refractivity (Wildman–Crippen MR) is 74.2 cm³/mol. The second kappa shape index (κ2) is 15.4. The highest BCUT2D eigenvalue weighted by Crippen LogP contribution is 2.10. The monoisotopic (exact) mass is 257 g/mol. The van der Waals surface area contributed by atoms with Gasteiger partial charge in [-0.25, -0.2) is 0 Å². The number of alkyl halides is 1. The van der Waals surface area contributed by atoms with E-state index in [9.17, 15) is 9.18 Å². The van der Waals surface area contributed by atoms with Crippen LogP contribution in [0.1, 0.15) is 33.1 Å². The first-order valence-corrected chi connectivity index (χ1v) is 6.18. The molecular formula is C14H24FNO2. The molecule has 0 aliphatic rings. The Labute approximate surface area is 109 Å². The van der Waals surface area contributed by atoms with Crippen LogP contribution in [0.3, 0.4) is 0 Å². The molecule has 0 bridgehead atoms. The van der Waals surface area contributed by atoms with Crippen LogP contribution in [0, 0.1) is 0 Å². The van der Waals surface area contributed by atoms with Crippen LogP contribution in [0.4, 0.5) is 4.39 Å². The summed E-state index contributed by atoms with van der Waals surface area (Å²) < 4.78 is 12.0. The number of aliphatic hydroxyl groups excluding tert-OH is 1. The fourth-order valence-electron chi connectivity index (χ4n) is 1.16.